The third-order valence-corrected chi connectivity index (χ3v) is 3.84. The van der Waals surface area contributed by atoms with Crippen molar-refractivity contribution in [3.63, 3.8) is 0 Å². The summed E-state index contributed by atoms with van der Waals surface area (Å²) in [4.78, 5) is 12.6. The molecule has 116 valence electrons. The van der Waals surface area contributed by atoms with Crippen LogP contribution in [0.2, 0.25) is 0 Å². The van der Waals surface area contributed by atoms with Crippen LogP contribution in [0.1, 0.15) is 25.5 Å². The molecule has 1 aromatic rings. The number of amides is 1. The highest BCUT2D eigenvalue weighted by Gasteiger charge is 2.35. The van der Waals surface area contributed by atoms with Gasteiger partial charge in [-0.05, 0) is 41.9 Å². The number of aliphatic hydroxyl groups excluding tert-OH is 1. The first-order valence-corrected chi connectivity index (χ1v) is 7.05. The third-order valence-electron chi connectivity index (χ3n) is 3.20. The normalized spacial score (nSPS) is 17.9. The second-order valence-corrected chi connectivity index (χ2v) is 5.97. The Bertz CT molecular complexity index is 575. The molecule has 21 heavy (non-hydrogen) atoms. The van der Waals surface area contributed by atoms with Gasteiger partial charge in [-0.3, -0.25) is 4.79 Å². The van der Waals surface area contributed by atoms with E-state index in [1.807, 2.05) is 0 Å². The highest BCUT2D eigenvalue weighted by atomic mass is 79.9. The third kappa shape index (κ3) is 3.32. The molecule has 1 aliphatic rings. The van der Waals surface area contributed by atoms with Crippen molar-refractivity contribution in [1.82, 2.24) is 0 Å². The molecule has 0 bridgehead atoms. The van der Waals surface area contributed by atoms with Crippen molar-refractivity contribution < 1.29 is 23.1 Å². The van der Waals surface area contributed by atoms with E-state index in [2.05, 4.69) is 21.2 Å². The predicted octanol–water partition coefficient (Wildman–Crippen LogP) is 3.21. The summed E-state index contributed by atoms with van der Waals surface area (Å²) in [7, 11) is 0. The molecule has 0 spiro atoms. The summed E-state index contributed by atoms with van der Waals surface area (Å²) < 4.78 is 38.5. The molecule has 0 saturated carbocycles. The first kappa shape index (κ1) is 16.1. The number of halogens is 4. The van der Waals surface area contributed by atoms with Crippen LogP contribution in [0.3, 0.4) is 0 Å². The van der Waals surface area contributed by atoms with Crippen molar-refractivity contribution in [2.75, 3.05) is 16.8 Å². The molecule has 2 N–H and O–H groups in total. The van der Waals surface area contributed by atoms with Crippen LogP contribution in [0.5, 0.6) is 0 Å². The van der Waals surface area contributed by atoms with Gasteiger partial charge in [0.2, 0.25) is 0 Å². The van der Waals surface area contributed by atoms with Crippen LogP contribution in [0.4, 0.5) is 24.5 Å². The molecule has 0 fully saturated rings. The summed E-state index contributed by atoms with van der Waals surface area (Å²) in [6.07, 6.45) is -5.63. The molecule has 0 radical (unpaired) electrons. The number of anilines is 2. The summed E-state index contributed by atoms with van der Waals surface area (Å²) in [5.74, 6) is -0.582. The lowest BCUT2D eigenvalue weighted by molar-refractivity contribution is -0.123. The van der Waals surface area contributed by atoms with Gasteiger partial charge in [0.05, 0.1) is 5.69 Å². The fraction of sp³-hybridized carbons (Fsp3) is 0.462. The minimum atomic E-state index is -4.34. The average molecular weight is 367 g/mol. The Morgan fingerprint density at radius 2 is 2.05 bits per heavy atom. The second kappa shape index (κ2) is 5.49. The zero-order chi connectivity index (χ0) is 15.9. The van der Waals surface area contributed by atoms with Gasteiger partial charge in [0.15, 0.2) is 6.10 Å². The van der Waals surface area contributed by atoms with Gasteiger partial charge in [0.25, 0.3) is 5.91 Å². The Morgan fingerprint density at radius 1 is 1.43 bits per heavy atom. The van der Waals surface area contributed by atoms with Crippen LogP contribution < -0.4 is 10.2 Å². The summed E-state index contributed by atoms with van der Waals surface area (Å²) in [5, 5.41) is 12.1. The maximum absolute atomic E-state index is 12.7. The molecule has 1 aliphatic heterocycles. The fourth-order valence-electron chi connectivity index (χ4n) is 2.21. The van der Waals surface area contributed by atoms with E-state index in [4.69, 9.17) is 0 Å². The van der Waals surface area contributed by atoms with Crippen LogP contribution in [0, 0.1) is 0 Å². The van der Waals surface area contributed by atoms with Crippen molar-refractivity contribution in [2.24, 2.45) is 0 Å². The van der Waals surface area contributed by atoms with Crippen LogP contribution in [-0.4, -0.2) is 29.8 Å². The van der Waals surface area contributed by atoms with Crippen molar-refractivity contribution in [2.45, 2.75) is 32.2 Å². The van der Waals surface area contributed by atoms with Crippen LogP contribution >= 0.6 is 15.9 Å². The topological polar surface area (TPSA) is 52.6 Å². The van der Waals surface area contributed by atoms with E-state index in [1.165, 1.54) is 17.0 Å². The molecule has 4 nitrogen and oxygen atoms in total. The van der Waals surface area contributed by atoms with Gasteiger partial charge >= 0.3 is 6.18 Å². The van der Waals surface area contributed by atoms with Gasteiger partial charge in [-0.25, -0.2) is 0 Å². The number of benzene rings is 1. The Kier molecular flexibility index (Phi) is 4.21. The maximum atomic E-state index is 12.7. The fourth-order valence-corrected chi connectivity index (χ4v) is 2.80. The number of hydrogen-bond donors (Lipinski definition) is 2. The number of aliphatic hydroxyl groups is 1. The number of carbonyl (C=O) groups is 1. The quantitative estimate of drug-likeness (QED) is 0.863. The number of hydrogen-bond acceptors (Lipinski definition) is 3. The maximum Gasteiger partial charge on any atom is 0.405 e. The zero-order valence-corrected chi connectivity index (χ0v) is 12.9. The molecule has 1 amide bonds. The molecule has 0 aromatic heterocycles. The molecule has 1 unspecified atom stereocenters. The van der Waals surface area contributed by atoms with E-state index in [-0.39, 0.29) is 6.04 Å². The van der Waals surface area contributed by atoms with E-state index >= 15 is 0 Å². The second-order valence-electron chi connectivity index (χ2n) is 5.12. The minimum Gasteiger partial charge on any atom is -0.378 e. The number of nitrogens with one attached hydrogen (secondary N) is 1. The van der Waals surface area contributed by atoms with Gasteiger partial charge in [-0.2, -0.15) is 13.2 Å². The lowest BCUT2D eigenvalue weighted by Gasteiger charge is -2.31. The molecule has 0 saturated heterocycles. The first-order valence-electron chi connectivity index (χ1n) is 6.26. The SMILES string of the molecule is CC(C)N(CC(F)(F)F)c1cc2c(cc1Br)C(O)C(=O)N2. The van der Waals surface area contributed by atoms with E-state index < -0.39 is 24.7 Å². The lowest BCUT2D eigenvalue weighted by atomic mass is 10.1. The number of carbonyl (C=O) groups excluding carboxylic acids is 1. The van der Waals surface area contributed by atoms with Gasteiger partial charge in [-0.1, -0.05) is 0 Å². The Labute approximate surface area is 128 Å². The number of fused-ring (bicyclic) bond motifs is 1. The Morgan fingerprint density at radius 3 is 2.57 bits per heavy atom. The van der Waals surface area contributed by atoms with E-state index in [0.717, 1.165) is 0 Å². The van der Waals surface area contributed by atoms with Crippen LogP contribution in [0.15, 0.2) is 16.6 Å². The predicted molar refractivity (Wildman–Crippen MR) is 76.3 cm³/mol. The molecule has 2 rings (SSSR count). The molecule has 1 atom stereocenters. The highest BCUT2D eigenvalue weighted by molar-refractivity contribution is 9.10. The lowest BCUT2D eigenvalue weighted by Crippen LogP contribution is -2.39. The largest absolute Gasteiger partial charge is 0.405 e. The molecule has 1 aromatic carbocycles. The molecular weight excluding hydrogens is 353 g/mol. The van der Waals surface area contributed by atoms with Gasteiger partial charge in [0.1, 0.15) is 6.54 Å². The molecule has 1 heterocycles. The monoisotopic (exact) mass is 366 g/mol. The summed E-state index contributed by atoms with van der Waals surface area (Å²) in [6, 6.07) is 2.53. The van der Waals surface area contributed by atoms with Gasteiger partial charge < -0.3 is 15.3 Å². The molecule has 8 heteroatoms. The zero-order valence-electron chi connectivity index (χ0n) is 11.3. The van der Waals surface area contributed by atoms with Gasteiger partial charge in [0, 0.05) is 21.8 Å². The summed E-state index contributed by atoms with van der Waals surface area (Å²) >= 11 is 3.21. The number of rotatable bonds is 3. The first-order chi connectivity index (χ1) is 9.60. The van der Waals surface area contributed by atoms with E-state index in [9.17, 15) is 23.1 Å². The Balaban J connectivity index is 2.44. The van der Waals surface area contributed by atoms with Crippen molar-refractivity contribution >= 4 is 33.2 Å². The molecular formula is C13H14BrF3N2O2. The standard InChI is InChI=1S/C13H14BrF3N2O2/c1-6(2)19(5-13(15,16)17)10-4-9-7(3-8(10)14)11(20)12(21)18-9/h3-4,6,11,20H,5H2,1-2H3,(H,18,21). The highest BCUT2D eigenvalue weighted by Crippen LogP contribution is 2.40. The minimum absolute atomic E-state index is 0.315. The van der Waals surface area contributed by atoms with E-state index in [1.54, 1.807) is 13.8 Å². The van der Waals surface area contributed by atoms with Crippen molar-refractivity contribution in [1.29, 1.82) is 0 Å². The Hall–Kier alpha value is -1.28. The summed E-state index contributed by atoms with van der Waals surface area (Å²) in [5.41, 5.74) is 1.00. The van der Waals surface area contributed by atoms with Crippen LogP contribution in [-0.2, 0) is 4.79 Å². The average Bonchev–Trinajstić information content (AvgIpc) is 2.61. The number of nitrogens with zero attached hydrogens (tertiary/aromatic N) is 1. The van der Waals surface area contributed by atoms with Crippen LogP contribution in [0.25, 0.3) is 0 Å². The van der Waals surface area contributed by atoms with Gasteiger partial charge in [-0.15, -0.1) is 0 Å². The molecule has 0 aliphatic carbocycles. The summed E-state index contributed by atoms with van der Waals surface area (Å²) in [6.45, 7) is 2.20. The van der Waals surface area contributed by atoms with Crippen molar-refractivity contribution in [3.05, 3.63) is 22.2 Å². The smallest absolute Gasteiger partial charge is 0.378 e. The van der Waals surface area contributed by atoms with Crippen molar-refractivity contribution in [3.8, 4) is 0 Å². The van der Waals surface area contributed by atoms with E-state index in [0.29, 0.717) is 21.4 Å². The number of alkyl halides is 3.